The van der Waals surface area contributed by atoms with Crippen LogP contribution < -0.4 is 4.72 Å². The van der Waals surface area contributed by atoms with Gasteiger partial charge < -0.3 is 0 Å². The largest absolute Gasteiger partial charge is 0.250 e. The van der Waals surface area contributed by atoms with Crippen LogP contribution in [0.15, 0.2) is 64.9 Å². The van der Waals surface area contributed by atoms with Gasteiger partial charge in [-0.15, -0.1) is 11.3 Å². The Balaban J connectivity index is 1.96. The van der Waals surface area contributed by atoms with E-state index in [1.54, 1.807) is 18.2 Å². The molecule has 3 nitrogen and oxygen atoms in total. The Labute approximate surface area is 170 Å². The van der Waals surface area contributed by atoms with Crippen molar-refractivity contribution in [1.82, 2.24) is 4.72 Å². The third-order valence-corrected chi connectivity index (χ3v) is 7.60. The van der Waals surface area contributed by atoms with Gasteiger partial charge in [-0.3, -0.25) is 0 Å². The zero-order chi connectivity index (χ0) is 19.4. The van der Waals surface area contributed by atoms with Gasteiger partial charge in [0.15, 0.2) is 0 Å². The van der Waals surface area contributed by atoms with Crippen LogP contribution in [0, 0.1) is 6.92 Å². The van der Waals surface area contributed by atoms with Crippen molar-refractivity contribution < 1.29 is 8.42 Å². The second-order valence-corrected chi connectivity index (χ2v) is 10.0. The molecule has 0 aliphatic carbocycles. The molecular formula is C21H22ClNO2S2. The summed E-state index contributed by atoms with van der Waals surface area (Å²) < 4.78 is 29.2. The predicted octanol–water partition coefficient (Wildman–Crippen LogP) is 5.73. The van der Waals surface area contributed by atoms with Crippen molar-refractivity contribution in [2.24, 2.45) is 0 Å². The lowest BCUT2D eigenvalue weighted by molar-refractivity contribution is 0.574. The Kier molecular flexibility index (Phi) is 6.37. The summed E-state index contributed by atoms with van der Waals surface area (Å²) >= 11 is 7.34. The third kappa shape index (κ3) is 4.99. The lowest BCUT2D eigenvalue weighted by Gasteiger charge is -2.20. The molecule has 0 bridgehead atoms. The molecule has 0 fully saturated rings. The SMILES string of the molecule is CCCc1ccc(S(=O)(=O)NC(c2ccc(C)cc2)c2ccc(Cl)cc2)s1. The maximum atomic E-state index is 13.0. The van der Waals surface area contributed by atoms with Gasteiger partial charge in [-0.2, -0.15) is 4.72 Å². The number of thiophene rings is 1. The number of hydrogen-bond donors (Lipinski definition) is 1. The Hall–Kier alpha value is -1.66. The molecule has 3 aromatic rings. The Bertz CT molecular complexity index is 948. The first-order valence-electron chi connectivity index (χ1n) is 8.82. The zero-order valence-electron chi connectivity index (χ0n) is 15.3. The first kappa shape index (κ1) is 20.1. The first-order valence-corrected chi connectivity index (χ1v) is 11.5. The van der Waals surface area contributed by atoms with Crippen LogP contribution in [0.2, 0.25) is 5.02 Å². The molecule has 0 radical (unpaired) electrons. The highest BCUT2D eigenvalue weighted by Crippen LogP contribution is 2.29. The van der Waals surface area contributed by atoms with E-state index in [-0.39, 0.29) is 0 Å². The van der Waals surface area contributed by atoms with Crippen molar-refractivity contribution in [3.05, 3.63) is 87.3 Å². The normalized spacial score (nSPS) is 12.9. The number of sulfonamides is 1. The topological polar surface area (TPSA) is 46.2 Å². The van der Waals surface area contributed by atoms with Crippen molar-refractivity contribution in [2.75, 3.05) is 0 Å². The molecule has 1 heterocycles. The minimum Gasteiger partial charge on any atom is -0.206 e. The smallest absolute Gasteiger partial charge is 0.206 e. The van der Waals surface area contributed by atoms with E-state index in [1.807, 2.05) is 49.4 Å². The summed E-state index contributed by atoms with van der Waals surface area (Å²) in [6.45, 7) is 4.09. The first-order chi connectivity index (χ1) is 12.9. The van der Waals surface area contributed by atoms with Crippen molar-refractivity contribution in [2.45, 2.75) is 36.9 Å². The van der Waals surface area contributed by atoms with E-state index >= 15 is 0 Å². The molecule has 1 aromatic heterocycles. The average molecular weight is 420 g/mol. The minimum atomic E-state index is -3.64. The van der Waals surface area contributed by atoms with Crippen LogP contribution in [0.3, 0.4) is 0 Å². The fourth-order valence-electron chi connectivity index (χ4n) is 2.84. The Morgan fingerprint density at radius 1 is 0.963 bits per heavy atom. The van der Waals surface area contributed by atoms with Gasteiger partial charge in [0.2, 0.25) is 0 Å². The molecule has 0 saturated carbocycles. The maximum absolute atomic E-state index is 13.0. The molecule has 0 aliphatic heterocycles. The predicted molar refractivity (Wildman–Crippen MR) is 113 cm³/mol. The van der Waals surface area contributed by atoms with Crippen molar-refractivity contribution in [3.63, 3.8) is 0 Å². The lowest BCUT2D eigenvalue weighted by atomic mass is 9.99. The van der Waals surface area contributed by atoms with Crippen LogP contribution in [-0.4, -0.2) is 8.42 Å². The van der Waals surface area contributed by atoms with Crippen LogP contribution in [0.4, 0.5) is 0 Å². The molecule has 142 valence electrons. The monoisotopic (exact) mass is 419 g/mol. The van der Waals surface area contributed by atoms with Crippen LogP contribution in [0.1, 0.15) is 41.0 Å². The van der Waals surface area contributed by atoms with E-state index in [0.717, 1.165) is 34.4 Å². The summed E-state index contributed by atoms with van der Waals surface area (Å²) in [6.07, 6.45) is 1.88. The maximum Gasteiger partial charge on any atom is 0.250 e. The van der Waals surface area contributed by atoms with E-state index in [4.69, 9.17) is 11.6 Å². The summed E-state index contributed by atoms with van der Waals surface area (Å²) in [5.41, 5.74) is 2.85. The molecule has 1 N–H and O–H groups in total. The van der Waals surface area contributed by atoms with Gasteiger partial charge in [0.25, 0.3) is 10.0 Å². The number of halogens is 1. The minimum absolute atomic E-state index is 0.344. The molecular weight excluding hydrogens is 398 g/mol. The molecule has 0 saturated heterocycles. The van der Waals surface area contributed by atoms with Gasteiger partial charge in [0.05, 0.1) is 6.04 Å². The van der Waals surface area contributed by atoms with Crippen LogP contribution in [0.5, 0.6) is 0 Å². The molecule has 2 aromatic carbocycles. The fraction of sp³-hybridized carbons (Fsp3) is 0.238. The van der Waals surface area contributed by atoms with Crippen LogP contribution in [0.25, 0.3) is 0 Å². The summed E-state index contributed by atoms with van der Waals surface area (Å²) in [4.78, 5) is 1.08. The zero-order valence-corrected chi connectivity index (χ0v) is 17.7. The van der Waals surface area contributed by atoms with E-state index in [2.05, 4.69) is 11.6 Å². The van der Waals surface area contributed by atoms with Crippen molar-refractivity contribution >= 4 is 33.0 Å². The number of benzene rings is 2. The van der Waals surface area contributed by atoms with Crippen LogP contribution in [-0.2, 0) is 16.4 Å². The summed E-state index contributed by atoms with van der Waals surface area (Å²) in [5, 5.41) is 0.617. The molecule has 0 amide bonds. The van der Waals surface area contributed by atoms with Crippen molar-refractivity contribution in [3.8, 4) is 0 Å². The highest BCUT2D eigenvalue weighted by Gasteiger charge is 2.24. The highest BCUT2D eigenvalue weighted by atomic mass is 35.5. The molecule has 27 heavy (non-hydrogen) atoms. The second kappa shape index (κ2) is 8.57. The van der Waals surface area contributed by atoms with Gasteiger partial charge in [-0.1, -0.05) is 66.9 Å². The Morgan fingerprint density at radius 3 is 2.15 bits per heavy atom. The fourth-order valence-corrected chi connectivity index (χ4v) is 5.65. The average Bonchev–Trinajstić information content (AvgIpc) is 3.12. The second-order valence-electron chi connectivity index (χ2n) is 6.49. The molecule has 3 rings (SSSR count). The Morgan fingerprint density at radius 2 is 1.56 bits per heavy atom. The summed E-state index contributed by atoms with van der Waals surface area (Å²) in [6, 6.07) is 18.2. The number of nitrogens with one attached hydrogen (secondary N) is 1. The molecule has 1 unspecified atom stereocenters. The number of rotatable bonds is 7. The summed E-state index contributed by atoms with van der Waals surface area (Å²) in [5.74, 6) is 0. The molecule has 1 atom stereocenters. The van der Waals surface area contributed by atoms with Gasteiger partial charge in [0.1, 0.15) is 4.21 Å². The molecule has 0 aliphatic rings. The van der Waals surface area contributed by atoms with E-state index in [9.17, 15) is 8.42 Å². The lowest BCUT2D eigenvalue weighted by Crippen LogP contribution is -2.29. The quantitative estimate of drug-likeness (QED) is 0.531. The van der Waals surface area contributed by atoms with E-state index in [1.165, 1.54) is 11.3 Å². The van der Waals surface area contributed by atoms with Crippen LogP contribution >= 0.6 is 22.9 Å². The van der Waals surface area contributed by atoms with E-state index in [0.29, 0.717) is 9.23 Å². The molecule has 0 spiro atoms. The highest BCUT2D eigenvalue weighted by molar-refractivity contribution is 7.91. The van der Waals surface area contributed by atoms with Crippen molar-refractivity contribution in [1.29, 1.82) is 0 Å². The van der Waals surface area contributed by atoms with Gasteiger partial charge in [0, 0.05) is 9.90 Å². The number of hydrogen-bond acceptors (Lipinski definition) is 3. The third-order valence-electron chi connectivity index (χ3n) is 4.29. The van der Waals surface area contributed by atoms with E-state index < -0.39 is 16.1 Å². The number of aryl methyl sites for hydroxylation is 2. The summed E-state index contributed by atoms with van der Waals surface area (Å²) in [7, 11) is -3.64. The van der Waals surface area contributed by atoms with Gasteiger partial charge >= 0.3 is 0 Å². The van der Waals surface area contributed by atoms with Gasteiger partial charge in [-0.25, -0.2) is 8.42 Å². The van der Waals surface area contributed by atoms with Gasteiger partial charge in [-0.05, 0) is 48.7 Å². The molecule has 6 heteroatoms. The standard InChI is InChI=1S/C21H22ClNO2S2/c1-3-4-19-13-14-20(26-19)27(24,25)23-21(16-7-5-15(2)6-8-16)17-9-11-18(22)12-10-17/h5-14,21,23H,3-4H2,1-2H3.